The number of likely N-dealkylation sites (tertiary alicyclic amines) is 1. The topological polar surface area (TPSA) is 37.4 Å². The molecule has 1 aliphatic rings. The zero-order valence-corrected chi connectivity index (χ0v) is 11.0. The van der Waals surface area contributed by atoms with Gasteiger partial charge in [-0.15, -0.1) is 0 Å². The summed E-state index contributed by atoms with van der Waals surface area (Å²) in [6.45, 7) is 0. The molecule has 1 atom stereocenters. The number of alkyl halides is 6. The van der Waals surface area contributed by atoms with E-state index < -0.39 is 53.2 Å². The van der Waals surface area contributed by atoms with Gasteiger partial charge in [-0.2, -0.15) is 26.3 Å². The summed E-state index contributed by atoms with van der Waals surface area (Å²) in [7, 11) is 1.11. The fraction of sp³-hybridized carbons (Fsp3) is 0.385. The highest BCUT2D eigenvalue weighted by Crippen LogP contribution is 2.41. The van der Waals surface area contributed by atoms with Gasteiger partial charge in [0.1, 0.15) is 0 Å². The minimum Gasteiger partial charge on any atom is -0.285 e. The van der Waals surface area contributed by atoms with Gasteiger partial charge in [-0.1, -0.05) is 6.07 Å². The van der Waals surface area contributed by atoms with Crippen LogP contribution in [0, 0.1) is 0 Å². The number of imide groups is 1. The Morgan fingerprint density at radius 3 is 2.05 bits per heavy atom. The van der Waals surface area contributed by atoms with Crippen LogP contribution in [-0.4, -0.2) is 23.8 Å². The van der Waals surface area contributed by atoms with Crippen LogP contribution in [0.3, 0.4) is 0 Å². The van der Waals surface area contributed by atoms with E-state index in [0.29, 0.717) is 17.0 Å². The Balaban J connectivity index is 2.57. The lowest BCUT2D eigenvalue weighted by molar-refractivity contribution is -0.143. The van der Waals surface area contributed by atoms with Crippen LogP contribution in [0.2, 0.25) is 0 Å². The highest BCUT2D eigenvalue weighted by atomic mass is 19.4. The maximum atomic E-state index is 13.0. The van der Waals surface area contributed by atoms with Crippen molar-refractivity contribution in [1.82, 2.24) is 4.90 Å². The molecule has 0 bridgehead atoms. The Bertz CT molecular complexity index is 634. The number of halogens is 6. The third-order valence-corrected chi connectivity index (χ3v) is 3.44. The summed E-state index contributed by atoms with van der Waals surface area (Å²) in [4.78, 5) is 23.9. The zero-order chi connectivity index (χ0) is 16.9. The molecule has 0 radical (unpaired) electrons. The number of nitrogens with zero attached hydrogens (tertiary/aromatic N) is 1. The van der Waals surface area contributed by atoms with Gasteiger partial charge in [-0.3, -0.25) is 14.5 Å². The van der Waals surface area contributed by atoms with Gasteiger partial charge in [-0.25, -0.2) is 0 Å². The van der Waals surface area contributed by atoms with Gasteiger partial charge in [0, 0.05) is 13.5 Å². The maximum absolute atomic E-state index is 13.0. The van der Waals surface area contributed by atoms with Gasteiger partial charge in [0.25, 0.3) is 0 Å². The van der Waals surface area contributed by atoms with Crippen LogP contribution in [-0.2, 0) is 21.9 Å². The number of amides is 2. The summed E-state index contributed by atoms with van der Waals surface area (Å²) < 4.78 is 76.7. The molecule has 1 aromatic carbocycles. The summed E-state index contributed by atoms with van der Waals surface area (Å²) in [5.74, 6) is -2.96. The molecule has 0 spiro atoms. The third-order valence-electron chi connectivity index (χ3n) is 3.44. The second-order valence-corrected chi connectivity index (χ2v) is 4.85. The van der Waals surface area contributed by atoms with Crippen molar-refractivity contribution in [2.45, 2.75) is 24.7 Å². The van der Waals surface area contributed by atoms with E-state index in [1.807, 2.05) is 0 Å². The largest absolute Gasteiger partial charge is 0.416 e. The Morgan fingerprint density at radius 2 is 1.64 bits per heavy atom. The number of benzene rings is 1. The van der Waals surface area contributed by atoms with Gasteiger partial charge in [-0.05, 0) is 17.7 Å². The summed E-state index contributed by atoms with van der Waals surface area (Å²) in [6.07, 6.45) is -10.5. The molecule has 1 saturated heterocycles. The zero-order valence-electron chi connectivity index (χ0n) is 11.0. The van der Waals surface area contributed by atoms with Crippen molar-refractivity contribution in [3.63, 3.8) is 0 Å². The van der Waals surface area contributed by atoms with Gasteiger partial charge in [0.2, 0.25) is 11.8 Å². The highest BCUT2D eigenvalue weighted by molar-refractivity contribution is 6.06. The normalized spacial score (nSPS) is 20.0. The predicted molar refractivity (Wildman–Crippen MR) is 61.6 cm³/mol. The van der Waals surface area contributed by atoms with E-state index >= 15 is 0 Å². The van der Waals surface area contributed by atoms with Crippen molar-refractivity contribution in [1.29, 1.82) is 0 Å². The van der Waals surface area contributed by atoms with E-state index in [4.69, 9.17) is 0 Å². The fourth-order valence-corrected chi connectivity index (χ4v) is 2.28. The van der Waals surface area contributed by atoms with E-state index in [2.05, 4.69) is 0 Å². The molecule has 0 saturated carbocycles. The van der Waals surface area contributed by atoms with Crippen molar-refractivity contribution >= 4 is 11.8 Å². The summed E-state index contributed by atoms with van der Waals surface area (Å²) in [6, 6.07) is 1.05. The van der Waals surface area contributed by atoms with Crippen LogP contribution in [0.4, 0.5) is 26.3 Å². The Morgan fingerprint density at radius 1 is 1.05 bits per heavy atom. The number of carbonyl (C=O) groups is 2. The van der Waals surface area contributed by atoms with Crippen molar-refractivity contribution in [3.8, 4) is 0 Å². The van der Waals surface area contributed by atoms with Crippen LogP contribution >= 0.6 is 0 Å². The molecule has 1 unspecified atom stereocenters. The molecule has 0 aromatic heterocycles. The number of rotatable bonds is 1. The first-order valence-electron chi connectivity index (χ1n) is 6.01. The average molecular weight is 325 g/mol. The Labute approximate surface area is 120 Å². The first kappa shape index (κ1) is 16.3. The fourth-order valence-electron chi connectivity index (χ4n) is 2.28. The first-order chi connectivity index (χ1) is 9.93. The lowest BCUT2D eigenvalue weighted by Crippen LogP contribution is -2.26. The highest BCUT2D eigenvalue weighted by Gasteiger charge is 2.44. The van der Waals surface area contributed by atoms with E-state index in [1.54, 1.807) is 0 Å². The van der Waals surface area contributed by atoms with Crippen LogP contribution in [0.25, 0.3) is 0 Å². The monoisotopic (exact) mass is 325 g/mol. The van der Waals surface area contributed by atoms with Gasteiger partial charge >= 0.3 is 12.4 Å². The van der Waals surface area contributed by atoms with Crippen LogP contribution in [0.1, 0.15) is 29.0 Å². The van der Waals surface area contributed by atoms with Crippen molar-refractivity contribution in [3.05, 3.63) is 34.9 Å². The molecule has 3 nitrogen and oxygen atoms in total. The SMILES string of the molecule is CN1C(=O)CC(c2ccc(C(F)(F)F)cc2C(F)(F)F)C1=O. The molecule has 1 aromatic rings. The number of likely N-dealkylation sites (N-methyl/N-ethyl adjacent to an activating group) is 1. The second kappa shape index (κ2) is 4.99. The van der Waals surface area contributed by atoms with Gasteiger partial charge < -0.3 is 0 Å². The van der Waals surface area contributed by atoms with Gasteiger partial charge in [0.15, 0.2) is 0 Å². The average Bonchev–Trinajstić information content (AvgIpc) is 2.64. The second-order valence-electron chi connectivity index (χ2n) is 4.85. The molecule has 0 N–H and O–H groups in total. The molecule has 120 valence electrons. The van der Waals surface area contributed by atoms with Crippen molar-refractivity contribution in [2.24, 2.45) is 0 Å². The van der Waals surface area contributed by atoms with E-state index in [9.17, 15) is 35.9 Å². The molecule has 1 fully saturated rings. The van der Waals surface area contributed by atoms with Crippen LogP contribution < -0.4 is 0 Å². The number of carbonyl (C=O) groups excluding carboxylic acids is 2. The van der Waals surface area contributed by atoms with E-state index in [1.165, 1.54) is 0 Å². The van der Waals surface area contributed by atoms with Crippen LogP contribution in [0.5, 0.6) is 0 Å². The maximum Gasteiger partial charge on any atom is 0.416 e. The lowest BCUT2D eigenvalue weighted by atomic mass is 9.91. The molecule has 1 aliphatic heterocycles. The summed E-state index contributed by atoms with van der Waals surface area (Å²) >= 11 is 0. The van der Waals surface area contributed by atoms with Gasteiger partial charge in [0.05, 0.1) is 17.0 Å². The van der Waals surface area contributed by atoms with Crippen LogP contribution in [0.15, 0.2) is 18.2 Å². The predicted octanol–water partition coefficient (Wildman–Crippen LogP) is 3.20. The Hall–Kier alpha value is -2.06. The quantitative estimate of drug-likeness (QED) is 0.587. The standard InChI is InChI=1S/C13H9F6NO2/c1-20-10(21)5-8(11(20)22)7-3-2-6(12(14,15)16)4-9(7)13(17,18)19/h2-4,8H,5H2,1H3. The van der Waals surface area contributed by atoms with E-state index in [-0.39, 0.29) is 6.07 Å². The first-order valence-corrected chi connectivity index (χ1v) is 6.01. The number of hydrogen-bond donors (Lipinski definition) is 0. The molecule has 9 heteroatoms. The van der Waals surface area contributed by atoms with Crippen molar-refractivity contribution in [2.75, 3.05) is 7.05 Å². The molecular weight excluding hydrogens is 316 g/mol. The van der Waals surface area contributed by atoms with E-state index in [0.717, 1.165) is 7.05 Å². The minimum absolute atomic E-state index is 0.0363. The smallest absolute Gasteiger partial charge is 0.285 e. The summed E-state index contributed by atoms with van der Waals surface area (Å²) in [5, 5.41) is 0. The minimum atomic E-state index is -5.07. The molecule has 0 aliphatic carbocycles. The third kappa shape index (κ3) is 2.79. The molecular formula is C13H9F6NO2. The molecule has 2 rings (SSSR count). The molecule has 1 heterocycles. The molecule has 22 heavy (non-hydrogen) atoms. The van der Waals surface area contributed by atoms with Crippen molar-refractivity contribution < 1.29 is 35.9 Å². The summed E-state index contributed by atoms with van der Waals surface area (Å²) in [5.41, 5.74) is -3.64. The Kier molecular flexibility index (Phi) is 3.70. The molecule has 2 amide bonds. The lowest BCUT2D eigenvalue weighted by Gasteiger charge is -2.18. The number of hydrogen-bond acceptors (Lipinski definition) is 2.